The fraction of sp³-hybridized carbons (Fsp3) is 0.591. The van der Waals surface area contributed by atoms with Gasteiger partial charge in [-0.1, -0.05) is 50.1 Å². The summed E-state index contributed by atoms with van der Waals surface area (Å²) in [7, 11) is 3.16. The third-order valence-electron chi connectivity index (χ3n) is 5.71. The molecule has 2 aromatic rings. The van der Waals surface area contributed by atoms with Crippen LogP contribution in [0.1, 0.15) is 69.6 Å². The third-order valence-corrected chi connectivity index (χ3v) is 5.71. The predicted molar refractivity (Wildman–Crippen MR) is 108 cm³/mol. The maximum absolute atomic E-state index is 11.4. The molecule has 1 aromatic heterocycles. The van der Waals surface area contributed by atoms with E-state index in [0.29, 0.717) is 28.8 Å². The summed E-state index contributed by atoms with van der Waals surface area (Å²) >= 11 is 0. The van der Waals surface area contributed by atoms with Gasteiger partial charge in [0.1, 0.15) is 11.5 Å². The molecule has 158 valence electrons. The number of aliphatic carboxylic acids is 1. The minimum absolute atomic E-state index is 0.00622. The highest BCUT2D eigenvalue weighted by molar-refractivity contribution is 5.67. The molecule has 1 aliphatic rings. The summed E-state index contributed by atoms with van der Waals surface area (Å²) < 4.78 is 16.1. The van der Waals surface area contributed by atoms with E-state index in [2.05, 4.69) is 10.1 Å². The molecule has 29 heavy (non-hydrogen) atoms. The van der Waals surface area contributed by atoms with Gasteiger partial charge in [0, 0.05) is 17.5 Å². The van der Waals surface area contributed by atoms with Gasteiger partial charge in [-0.15, -0.1) is 0 Å². The number of hydrogen-bond acceptors (Lipinski definition) is 6. The molecule has 0 bridgehead atoms. The van der Waals surface area contributed by atoms with Gasteiger partial charge in [0.25, 0.3) is 0 Å². The summed E-state index contributed by atoms with van der Waals surface area (Å²) in [6, 6.07) is 5.36. The van der Waals surface area contributed by atoms with Gasteiger partial charge in [-0.3, -0.25) is 4.79 Å². The summed E-state index contributed by atoms with van der Waals surface area (Å²) in [5, 5.41) is 13.4. The first-order chi connectivity index (χ1) is 14.1. The predicted octanol–water partition coefficient (Wildman–Crippen LogP) is 5.06. The van der Waals surface area contributed by atoms with Crippen LogP contribution in [0.25, 0.3) is 11.4 Å². The van der Waals surface area contributed by atoms with Crippen LogP contribution in [0.2, 0.25) is 0 Å². The van der Waals surface area contributed by atoms with E-state index >= 15 is 0 Å². The van der Waals surface area contributed by atoms with Gasteiger partial charge in [0.2, 0.25) is 11.7 Å². The van der Waals surface area contributed by atoms with Crippen LogP contribution in [0, 0.1) is 5.92 Å². The summed E-state index contributed by atoms with van der Waals surface area (Å²) in [6.45, 7) is 0. The summed E-state index contributed by atoms with van der Waals surface area (Å²) in [4.78, 5) is 15.9. The maximum Gasteiger partial charge on any atom is 0.304 e. The van der Waals surface area contributed by atoms with Crippen molar-refractivity contribution < 1.29 is 23.9 Å². The minimum Gasteiger partial charge on any atom is -0.497 e. The molecule has 0 radical (unpaired) electrons. The van der Waals surface area contributed by atoms with E-state index in [0.717, 1.165) is 25.2 Å². The average Bonchev–Trinajstić information content (AvgIpc) is 3.23. The molecule has 1 saturated carbocycles. The van der Waals surface area contributed by atoms with E-state index in [4.69, 9.17) is 14.0 Å². The van der Waals surface area contributed by atoms with Crippen LogP contribution in [-0.2, 0) is 4.79 Å². The number of carboxylic acids is 1. The van der Waals surface area contributed by atoms with Crippen molar-refractivity contribution in [2.24, 2.45) is 5.92 Å². The Balaban J connectivity index is 1.70. The number of benzene rings is 1. The number of carbonyl (C=O) groups is 1. The molecule has 1 aromatic carbocycles. The number of ether oxygens (including phenoxy) is 2. The van der Waals surface area contributed by atoms with E-state index in [1.54, 1.807) is 32.4 Å². The van der Waals surface area contributed by atoms with Crippen LogP contribution < -0.4 is 9.47 Å². The summed E-state index contributed by atoms with van der Waals surface area (Å²) in [5.74, 6) is 1.69. The van der Waals surface area contributed by atoms with E-state index in [-0.39, 0.29) is 12.3 Å². The van der Waals surface area contributed by atoms with Gasteiger partial charge in [0.15, 0.2) is 0 Å². The van der Waals surface area contributed by atoms with Crippen LogP contribution in [0.15, 0.2) is 22.7 Å². The lowest BCUT2D eigenvalue weighted by Gasteiger charge is -2.21. The number of carboxylic acid groups (broad SMARTS) is 1. The van der Waals surface area contributed by atoms with Crippen molar-refractivity contribution >= 4 is 5.97 Å². The molecule has 1 aliphatic carbocycles. The molecule has 0 saturated heterocycles. The van der Waals surface area contributed by atoms with Crippen LogP contribution >= 0.6 is 0 Å². The third kappa shape index (κ3) is 5.95. The molecule has 0 spiro atoms. The number of aromatic nitrogens is 2. The number of methoxy groups -OCH3 is 2. The highest BCUT2D eigenvalue weighted by atomic mass is 16.5. The Labute approximate surface area is 171 Å². The molecule has 1 unspecified atom stereocenters. The molecular formula is C22H30N2O5. The van der Waals surface area contributed by atoms with Crippen molar-refractivity contribution in [3.63, 3.8) is 0 Å². The lowest BCUT2D eigenvalue weighted by Crippen LogP contribution is -2.10. The SMILES string of the molecule is COc1cc(OC)cc(-c2noc(C(CCCC3CCCCC3)CC(=O)O)n2)c1. The van der Waals surface area contributed by atoms with E-state index in [1.807, 2.05) is 0 Å². The molecule has 0 aliphatic heterocycles. The van der Waals surface area contributed by atoms with Crippen LogP contribution in [0.3, 0.4) is 0 Å². The number of hydrogen-bond donors (Lipinski definition) is 1. The molecule has 7 heteroatoms. The van der Waals surface area contributed by atoms with Gasteiger partial charge < -0.3 is 19.1 Å². The van der Waals surface area contributed by atoms with E-state index in [9.17, 15) is 9.90 Å². The smallest absolute Gasteiger partial charge is 0.304 e. The van der Waals surface area contributed by atoms with Crippen LogP contribution in [-0.4, -0.2) is 35.4 Å². The van der Waals surface area contributed by atoms with Crippen LogP contribution in [0.5, 0.6) is 11.5 Å². The van der Waals surface area contributed by atoms with Gasteiger partial charge in [-0.2, -0.15) is 4.98 Å². The second-order valence-corrected chi connectivity index (χ2v) is 7.79. The first-order valence-corrected chi connectivity index (χ1v) is 10.4. The highest BCUT2D eigenvalue weighted by Gasteiger charge is 2.24. The quantitative estimate of drug-likeness (QED) is 0.593. The zero-order chi connectivity index (χ0) is 20.6. The van der Waals surface area contributed by atoms with Crippen molar-refractivity contribution in [2.75, 3.05) is 14.2 Å². The van der Waals surface area contributed by atoms with E-state index < -0.39 is 5.97 Å². The number of rotatable bonds is 10. The molecular weight excluding hydrogens is 372 g/mol. The minimum atomic E-state index is -0.851. The molecule has 1 fully saturated rings. The molecule has 1 N–H and O–H groups in total. The van der Waals surface area contributed by atoms with Gasteiger partial charge in [0.05, 0.1) is 20.6 Å². The van der Waals surface area contributed by atoms with Crippen molar-refractivity contribution in [3.05, 3.63) is 24.1 Å². The fourth-order valence-electron chi connectivity index (χ4n) is 4.11. The Hall–Kier alpha value is -2.57. The van der Waals surface area contributed by atoms with Gasteiger partial charge in [-0.05, 0) is 24.5 Å². The zero-order valence-corrected chi connectivity index (χ0v) is 17.2. The van der Waals surface area contributed by atoms with Gasteiger partial charge >= 0.3 is 5.97 Å². The first kappa shape index (κ1) is 21.1. The maximum atomic E-state index is 11.4. The van der Waals surface area contributed by atoms with Gasteiger partial charge in [-0.25, -0.2) is 0 Å². The normalized spacial score (nSPS) is 15.8. The lowest BCUT2D eigenvalue weighted by atomic mass is 9.84. The zero-order valence-electron chi connectivity index (χ0n) is 17.2. The standard InChI is InChI=1S/C22H30N2O5/c1-27-18-11-17(12-19(14-18)28-2)21-23-22(29-24-21)16(13-20(25)26)10-6-9-15-7-4-3-5-8-15/h11-12,14-16H,3-10,13H2,1-2H3,(H,25,26). The Morgan fingerprint density at radius 3 is 2.48 bits per heavy atom. The van der Waals surface area contributed by atoms with Crippen molar-refractivity contribution in [1.82, 2.24) is 10.1 Å². The van der Waals surface area contributed by atoms with Crippen molar-refractivity contribution in [3.8, 4) is 22.9 Å². The van der Waals surface area contributed by atoms with E-state index in [1.165, 1.54) is 32.1 Å². The highest BCUT2D eigenvalue weighted by Crippen LogP contribution is 2.33. The van der Waals surface area contributed by atoms with Crippen molar-refractivity contribution in [1.29, 1.82) is 0 Å². The average molecular weight is 402 g/mol. The molecule has 1 heterocycles. The summed E-state index contributed by atoms with van der Waals surface area (Å²) in [6.07, 6.45) is 9.44. The molecule has 1 atom stereocenters. The monoisotopic (exact) mass is 402 g/mol. The number of nitrogens with zero attached hydrogens (tertiary/aromatic N) is 2. The fourth-order valence-corrected chi connectivity index (χ4v) is 4.11. The Kier molecular flexibility index (Phi) is 7.49. The topological polar surface area (TPSA) is 94.7 Å². The molecule has 0 amide bonds. The lowest BCUT2D eigenvalue weighted by molar-refractivity contribution is -0.137. The second-order valence-electron chi connectivity index (χ2n) is 7.79. The largest absolute Gasteiger partial charge is 0.497 e. The Morgan fingerprint density at radius 1 is 1.17 bits per heavy atom. The van der Waals surface area contributed by atoms with Crippen molar-refractivity contribution in [2.45, 2.75) is 63.7 Å². The molecule has 3 rings (SSSR count). The Bertz CT molecular complexity index is 776. The summed E-state index contributed by atoms with van der Waals surface area (Å²) in [5.41, 5.74) is 0.701. The van der Waals surface area contributed by atoms with Crippen LogP contribution in [0.4, 0.5) is 0 Å². The molecule has 7 nitrogen and oxygen atoms in total. The Morgan fingerprint density at radius 2 is 1.86 bits per heavy atom. The first-order valence-electron chi connectivity index (χ1n) is 10.4. The second kappa shape index (κ2) is 10.3.